The van der Waals surface area contributed by atoms with Crippen molar-refractivity contribution in [2.24, 2.45) is 0 Å². The summed E-state index contributed by atoms with van der Waals surface area (Å²) >= 11 is 3.32. The van der Waals surface area contributed by atoms with Gasteiger partial charge in [0.1, 0.15) is 59.6 Å². The van der Waals surface area contributed by atoms with Crippen LogP contribution in [0.5, 0.6) is 11.5 Å². The predicted octanol–water partition coefficient (Wildman–Crippen LogP) is 8.86. The number of carbonyl (C=O) groups excluding carboxylic acids is 2. The molecule has 0 aliphatic carbocycles. The van der Waals surface area contributed by atoms with Crippen LogP contribution in [0.2, 0.25) is 0 Å². The molecular weight excluding hydrogens is 877 g/mol. The lowest BCUT2D eigenvalue weighted by Crippen LogP contribution is -2.36. The Hall–Kier alpha value is -7.10. The van der Waals surface area contributed by atoms with Gasteiger partial charge in [0.25, 0.3) is 0 Å². The molecule has 336 valence electrons. The van der Waals surface area contributed by atoms with Crippen LogP contribution in [0.4, 0.5) is 0 Å². The number of hydrogen-bond acceptors (Lipinski definition) is 14. The number of carbonyl (C=O) groups is 2. The first-order chi connectivity index (χ1) is 32.3. The number of esters is 2. The first kappa shape index (κ1) is 45.5. The summed E-state index contributed by atoms with van der Waals surface area (Å²) in [6, 6.07) is 39.6. The molecule has 66 heavy (non-hydrogen) atoms. The Morgan fingerprint density at radius 1 is 0.545 bits per heavy atom. The van der Waals surface area contributed by atoms with E-state index in [4.69, 9.17) is 27.8 Å². The Labute approximate surface area is 388 Å². The fourth-order valence-electron chi connectivity index (χ4n) is 6.99. The zero-order valence-electron chi connectivity index (χ0n) is 35.7. The van der Waals surface area contributed by atoms with Crippen molar-refractivity contribution in [1.29, 1.82) is 0 Å². The lowest BCUT2D eigenvalue weighted by molar-refractivity contribution is -0.147. The van der Waals surface area contributed by atoms with Crippen LogP contribution in [0, 0.1) is 0 Å². The molecule has 0 saturated heterocycles. The van der Waals surface area contributed by atoms with Crippen LogP contribution in [-0.4, -0.2) is 63.5 Å². The highest BCUT2D eigenvalue weighted by Crippen LogP contribution is 2.27. The van der Waals surface area contributed by atoms with Gasteiger partial charge >= 0.3 is 11.9 Å². The number of nitrogens with one attached hydrogen (secondary N) is 2. The average Bonchev–Trinajstić information content (AvgIpc) is 4.08. The van der Waals surface area contributed by atoms with Crippen LogP contribution >= 0.6 is 22.7 Å². The standard InChI is InChI=1S/C52H46N2O10S2/c55-45-29-47(35-9-3-1-4-10-35)63-49-27-37(15-17-43(45)49)59-33-39(31-53-23-21-41-13-7-25-65-41)61-51(57)19-20-52(58)62-40(32-54-24-22-42-14-8-26-66-42)34-60-38-16-18-44-46(56)30-48(64-50(44)28-38)36-11-5-2-6-12-36/h1-20,25-30,39-40,53-54H,21-24,31-34H2/b20-19-. The summed E-state index contributed by atoms with van der Waals surface area (Å²) < 4.78 is 36.0. The number of thiophene rings is 2. The predicted molar refractivity (Wildman–Crippen MR) is 258 cm³/mol. The fourth-order valence-corrected chi connectivity index (χ4v) is 8.41. The van der Waals surface area contributed by atoms with E-state index < -0.39 is 24.1 Å². The van der Waals surface area contributed by atoms with Crippen molar-refractivity contribution < 1.29 is 37.4 Å². The summed E-state index contributed by atoms with van der Waals surface area (Å²) in [7, 11) is 0. The van der Waals surface area contributed by atoms with Crippen LogP contribution < -0.4 is 31.0 Å². The van der Waals surface area contributed by atoms with Crippen molar-refractivity contribution in [1.82, 2.24) is 10.6 Å². The number of rotatable bonds is 22. The monoisotopic (exact) mass is 922 g/mol. The summed E-state index contributed by atoms with van der Waals surface area (Å²) in [4.78, 5) is 54.7. The quantitative estimate of drug-likeness (QED) is 0.0379. The van der Waals surface area contributed by atoms with Crippen LogP contribution in [0.25, 0.3) is 44.6 Å². The SMILES string of the molecule is O=C(/C=C\C(=O)OC(CNCCc1cccs1)COc1ccc2c(=O)cc(-c3ccccc3)oc2c1)OC(CNCCc1cccs1)COc1ccc2c(=O)cc(-c3ccccc3)oc2c1. The molecule has 2 unspecified atom stereocenters. The van der Waals surface area contributed by atoms with Gasteiger partial charge in [-0.3, -0.25) is 9.59 Å². The highest BCUT2D eigenvalue weighted by molar-refractivity contribution is 7.10. The lowest BCUT2D eigenvalue weighted by Gasteiger charge is -2.19. The van der Waals surface area contributed by atoms with Crippen molar-refractivity contribution >= 4 is 56.6 Å². The molecule has 0 aliphatic heterocycles. The maximum absolute atomic E-state index is 13.2. The van der Waals surface area contributed by atoms with Crippen LogP contribution in [0.1, 0.15) is 9.75 Å². The highest BCUT2D eigenvalue weighted by atomic mass is 32.1. The van der Waals surface area contributed by atoms with E-state index in [0.29, 0.717) is 58.0 Å². The molecule has 2 atom stereocenters. The molecule has 0 radical (unpaired) electrons. The zero-order chi connectivity index (χ0) is 45.5. The molecule has 8 rings (SSSR count). The molecule has 8 aromatic rings. The van der Waals surface area contributed by atoms with Gasteiger partial charge < -0.3 is 38.4 Å². The summed E-state index contributed by atoms with van der Waals surface area (Å²) in [5.74, 6) is 0.147. The first-order valence-electron chi connectivity index (χ1n) is 21.4. The Morgan fingerprint density at radius 2 is 0.985 bits per heavy atom. The van der Waals surface area contributed by atoms with Crippen molar-refractivity contribution in [3.63, 3.8) is 0 Å². The van der Waals surface area contributed by atoms with E-state index in [2.05, 4.69) is 22.8 Å². The molecule has 0 spiro atoms. The molecule has 0 saturated carbocycles. The van der Waals surface area contributed by atoms with E-state index in [1.54, 1.807) is 59.1 Å². The highest BCUT2D eigenvalue weighted by Gasteiger charge is 2.19. The van der Waals surface area contributed by atoms with Gasteiger partial charge in [0.2, 0.25) is 0 Å². The second-order valence-electron chi connectivity index (χ2n) is 15.1. The van der Waals surface area contributed by atoms with Crippen LogP contribution in [0.15, 0.2) is 175 Å². The Morgan fingerprint density at radius 3 is 1.39 bits per heavy atom. The molecule has 0 bridgehead atoms. The van der Waals surface area contributed by atoms with Crippen molar-refractivity contribution in [3.05, 3.63) is 187 Å². The maximum Gasteiger partial charge on any atom is 0.331 e. The number of benzene rings is 4. The van der Waals surface area contributed by atoms with E-state index in [0.717, 1.165) is 36.1 Å². The molecule has 4 heterocycles. The van der Waals surface area contributed by atoms with E-state index in [1.165, 1.54) is 21.9 Å². The van der Waals surface area contributed by atoms with Crippen molar-refractivity contribution in [2.75, 3.05) is 39.4 Å². The minimum Gasteiger partial charge on any atom is -0.490 e. The summed E-state index contributed by atoms with van der Waals surface area (Å²) in [6.07, 6.45) is 2.10. The molecule has 4 aromatic carbocycles. The van der Waals surface area contributed by atoms with Gasteiger partial charge in [-0.05, 0) is 60.0 Å². The molecule has 12 nitrogen and oxygen atoms in total. The smallest absolute Gasteiger partial charge is 0.331 e. The summed E-state index contributed by atoms with van der Waals surface area (Å²) in [5, 5.41) is 11.5. The van der Waals surface area contributed by atoms with Gasteiger partial charge in [0.15, 0.2) is 10.9 Å². The largest absolute Gasteiger partial charge is 0.490 e. The Balaban J connectivity index is 0.909. The summed E-state index contributed by atoms with van der Waals surface area (Å²) in [5.41, 5.74) is 1.87. The minimum absolute atomic E-state index is 0.0353. The zero-order valence-corrected chi connectivity index (χ0v) is 37.4. The van der Waals surface area contributed by atoms with E-state index in [9.17, 15) is 19.2 Å². The number of fused-ring (bicyclic) bond motifs is 2. The first-order valence-corrected chi connectivity index (χ1v) is 23.2. The maximum atomic E-state index is 13.2. The number of ether oxygens (including phenoxy) is 4. The molecule has 4 aromatic heterocycles. The Bertz CT molecular complexity index is 2780. The van der Waals surface area contributed by atoms with Gasteiger partial charge in [-0.25, -0.2) is 9.59 Å². The number of hydrogen-bond donors (Lipinski definition) is 2. The second-order valence-corrected chi connectivity index (χ2v) is 17.2. The third-order valence-electron chi connectivity index (χ3n) is 10.3. The van der Waals surface area contributed by atoms with Crippen molar-refractivity contribution in [2.45, 2.75) is 25.0 Å². The van der Waals surface area contributed by atoms with E-state index >= 15 is 0 Å². The van der Waals surface area contributed by atoms with Gasteiger partial charge in [0, 0.05) is 83.5 Å². The minimum atomic E-state index is -0.771. The molecule has 14 heteroatoms. The van der Waals surface area contributed by atoms with Gasteiger partial charge in [0.05, 0.1) is 10.8 Å². The molecular formula is C52H46N2O10S2. The van der Waals surface area contributed by atoms with Gasteiger partial charge in [-0.15, -0.1) is 22.7 Å². The van der Waals surface area contributed by atoms with E-state index in [-0.39, 0.29) is 37.2 Å². The van der Waals surface area contributed by atoms with Gasteiger partial charge in [-0.2, -0.15) is 0 Å². The normalized spacial score (nSPS) is 12.3. The second kappa shape index (κ2) is 22.7. The topological polar surface area (TPSA) is 156 Å². The molecule has 2 N–H and O–H groups in total. The third kappa shape index (κ3) is 12.8. The van der Waals surface area contributed by atoms with Crippen LogP contribution in [0.3, 0.4) is 0 Å². The Kier molecular flexibility index (Phi) is 15.6. The van der Waals surface area contributed by atoms with Crippen LogP contribution in [-0.2, 0) is 31.9 Å². The lowest BCUT2D eigenvalue weighted by atomic mass is 10.1. The molecule has 0 amide bonds. The summed E-state index contributed by atoms with van der Waals surface area (Å²) in [6.45, 7) is 1.72. The van der Waals surface area contributed by atoms with Gasteiger partial charge in [-0.1, -0.05) is 72.8 Å². The van der Waals surface area contributed by atoms with Crippen molar-refractivity contribution in [3.8, 4) is 34.1 Å². The molecule has 0 fully saturated rings. The fraction of sp³-hybridized carbons (Fsp3) is 0.192. The molecule has 0 aliphatic rings. The third-order valence-corrected chi connectivity index (χ3v) is 12.2. The average molecular weight is 923 g/mol. The van der Waals surface area contributed by atoms with E-state index in [1.807, 2.05) is 83.6 Å².